The Bertz CT molecular complexity index is 890. The average Bonchev–Trinajstić information content (AvgIpc) is 2.80. The first-order valence-corrected chi connectivity index (χ1v) is 14.6. The summed E-state index contributed by atoms with van der Waals surface area (Å²) in [6.45, 7) is 15.5. The number of carbonyl (C=O) groups excluding carboxylic acids is 1. The Morgan fingerprint density at radius 1 is 0.973 bits per heavy atom. The van der Waals surface area contributed by atoms with E-state index in [1.54, 1.807) is 0 Å². The molecule has 0 saturated heterocycles. The minimum Gasteiger partial charge on any atom is -0.487 e. The van der Waals surface area contributed by atoms with Crippen molar-refractivity contribution in [1.29, 1.82) is 0 Å². The van der Waals surface area contributed by atoms with Gasteiger partial charge in [0.1, 0.15) is 17.1 Å². The van der Waals surface area contributed by atoms with Crippen LogP contribution in [0.25, 0.3) is 0 Å². The van der Waals surface area contributed by atoms with Crippen LogP contribution >= 0.6 is 0 Å². The van der Waals surface area contributed by atoms with Crippen LogP contribution in [0.4, 0.5) is 0 Å². The Balaban J connectivity index is 1.80. The van der Waals surface area contributed by atoms with Crippen molar-refractivity contribution in [1.82, 2.24) is 0 Å². The number of benzene rings is 1. The molecule has 0 saturated carbocycles. The van der Waals surface area contributed by atoms with Crippen molar-refractivity contribution in [2.45, 2.75) is 138 Å². The summed E-state index contributed by atoms with van der Waals surface area (Å²) in [6, 6.07) is 1.98. The zero-order valence-corrected chi connectivity index (χ0v) is 24.6. The van der Waals surface area contributed by atoms with Gasteiger partial charge in [-0.1, -0.05) is 72.6 Å². The summed E-state index contributed by atoms with van der Waals surface area (Å²) in [4.78, 5) is 22.9. The molecule has 1 N–H and O–H groups in total. The normalized spacial score (nSPS) is 18.7. The van der Waals surface area contributed by atoms with Crippen LogP contribution in [0.5, 0.6) is 11.5 Å². The topological polar surface area (TPSA) is 72.8 Å². The second-order valence-corrected chi connectivity index (χ2v) is 12.4. The first-order chi connectivity index (χ1) is 17.4. The van der Waals surface area contributed by atoms with E-state index >= 15 is 0 Å². The van der Waals surface area contributed by atoms with E-state index in [9.17, 15) is 9.59 Å². The summed E-state index contributed by atoms with van der Waals surface area (Å²) in [6.07, 6.45) is 13.1. The van der Waals surface area contributed by atoms with E-state index in [4.69, 9.17) is 14.6 Å². The molecule has 0 bridgehead atoms. The zero-order valence-electron chi connectivity index (χ0n) is 24.6. The van der Waals surface area contributed by atoms with Crippen molar-refractivity contribution in [3.63, 3.8) is 0 Å². The second-order valence-electron chi connectivity index (χ2n) is 12.4. The van der Waals surface area contributed by atoms with E-state index in [2.05, 4.69) is 34.6 Å². The molecule has 2 rings (SSSR count). The maximum Gasteiger partial charge on any atom is 0.311 e. The average molecular weight is 517 g/mol. The molecule has 1 aromatic carbocycles. The Hall–Kier alpha value is -2.04. The van der Waals surface area contributed by atoms with Gasteiger partial charge in [-0.2, -0.15) is 0 Å². The van der Waals surface area contributed by atoms with Crippen molar-refractivity contribution in [2.24, 2.45) is 17.8 Å². The highest BCUT2D eigenvalue weighted by Gasteiger charge is 2.33. The Kier molecular flexibility index (Phi) is 12.5. The summed E-state index contributed by atoms with van der Waals surface area (Å²) in [5, 5.41) is 8.81. The van der Waals surface area contributed by atoms with Gasteiger partial charge in [-0.25, -0.2) is 0 Å². The van der Waals surface area contributed by atoms with Gasteiger partial charge in [0.05, 0.1) is 12.8 Å². The number of hydrogen-bond acceptors (Lipinski definition) is 4. The maximum atomic E-state index is 12.1. The third-order valence-corrected chi connectivity index (χ3v) is 8.09. The summed E-state index contributed by atoms with van der Waals surface area (Å²) < 4.78 is 12.1. The van der Waals surface area contributed by atoms with Crippen LogP contribution < -0.4 is 9.47 Å². The monoisotopic (exact) mass is 516 g/mol. The van der Waals surface area contributed by atoms with Gasteiger partial charge in [-0.05, 0) is 81.4 Å². The fourth-order valence-corrected chi connectivity index (χ4v) is 5.58. The van der Waals surface area contributed by atoms with Crippen molar-refractivity contribution >= 4 is 11.9 Å². The largest absolute Gasteiger partial charge is 0.487 e. The highest BCUT2D eigenvalue weighted by atomic mass is 16.5. The number of rotatable bonds is 16. The Morgan fingerprint density at radius 3 is 2.16 bits per heavy atom. The molecule has 0 aliphatic carbocycles. The second kappa shape index (κ2) is 14.8. The minimum atomic E-state index is -1.000. The van der Waals surface area contributed by atoms with Gasteiger partial charge in [-0.3, -0.25) is 9.59 Å². The van der Waals surface area contributed by atoms with E-state index in [-0.39, 0.29) is 18.4 Å². The quantitative estimate of drug-likeness (QED) is 0.176. The van der Waals surface area contributed by atoms with Gasteiger partial charge in [0.25, 0.3) is 0 Å². The molecule has 1 heterocycles. The number of hydrogen-bond donors (Lipinski definition) is 1. The molecular weight excluding hydrogens is 464 g/mol. The van der Waals surface area contributed by atoms with E-state index < -0.39 is 11.9 Å². The molecule has 37 heavy (non-hydrogen) atoms. The molecule has 0 radical (unpaired) electrons. The van der Waals surface area contributed by atoms with Gasteiger partial charge in [0.2, 0.25) is 0 Å². The van der Waals surface area contributed by atoms with Crippen LogP contribution in [0.2, 0.25) is 0 Å². The smallest absolute Gasteiger partial charge is 0.311 e. The summed E-state index contributed by atoms with van der Waals surface area (Å²) in [7, 11) is 0. The fourth-order valence-electron chi connectivity index (χ4n) is 5.58. The molecule has 3 unspecified atom stereocenters. The number of esters is 1. The van der Waals surface area contributed by atoms with Crippen molar-refractivity contribution in [2.75, 3.05) is 0 Å². The summed E-state index contributed by atoms with van der Waals surface area (Å²) in [5.74, 6) is 2.36. The molecule has 0 fully saturated rings. The Morgan fingerprint density at radius 2 is 1.57 bits per heavy atom. The van der Waals surface area contributed by atoms with Crippen molar-refractivity contribution in [3.05, 3.63) is 22.8 Å². The number of carboxylic acid groups (broad SMARTS) is 1. The number of fused-ring (bicyclic) bond motifs is 1. The first kappa shape index (κ1) is 31.2. The third-order valence-electron chi connectivity index (χ3n) is 8.09. The molecule has 5 heteroatoms. The Labute approximate surface area is 225 Å². The van der Waals surface area contributed by atoms with Crippen molar-refractivity contribution < 1.29 is 24.2 Å². The molecule has 0 amide bonds. The van der Waals surface area contributed by atoms with Crippen LogP contribution in [0.1, 0.15) is 128 Å². The lowest BCUT2D eigenvalue weighted by Gasteiger charge is -2.37. The predicted octanol–water partition coefficient (Wildman–Crippen LogP) is 8.60. The zero-order chi connectivity index (χ0) is 27.6. The summed E-state index contributed by atoms with van der Waals surface area (Å²) >= 11 is 0. The fraction of sp³-hybridized carbons (Fsp3) is 0.750. The van der Waals surface area contributed by atoms with Gasteiger partial charge < -0.3 is 14.6 Å². The first-order valence-electron chi connectivity index (χ1n) is 14.6. The highest BCUT2D eigenvalue weighted by Crippen LogP contribution is 2.42. The predicted molar refractivity (Wildman–Crippen MR) is 150 cm³/mol. The van der Waals surface area contributed by atoms with Crippen LogP contribution in [-0.4, -0.2) is 22.6 Å². The summed E-state index contributed by atoms with van der Waals surface area (Å²) in [5.41, 5.74) is 2.69. The van der Waals surface area contributed by atoms with Crippen LogP contribution in [0.3, 0.4) is 0 Å². The molecule has 1 aromatic rings. The number of carboxylic acids is 1. The SMILES string of the molecule is Cc1cc2c(c(C)c1OC(=O)CCC(=O)O)CCC(C)(CCCC(C)CCCC(C)CCCC(C)C)O2. The van der Waals surface area contributed by atoms with Crippen LogP contribution in [0, 0.1) is 31.6 Å². The van der Waals surface area contributed by atoms with E-state index in [0.717, 1.165) is 59.5 Å². The molecular formula is C32H52O5. The van der Waals surface area contributed by atoms with E-state index in [1.165, 1.54) is 51.4 Å². The number of aryl methyl sites for hydroxylation is 1. The van der Waals surface area contributed by atoms with Gasteiger partial charge in [0, 0.05) is 5.56 Å². The van der Waals surface area contributed by atoms with Crippen LogP contribution in [-0.2, 0) is 16.0 Å². The lowest BCUT2D eigenvalue weighted by atomic mass is 9.85. The molecule has 0 aromatic heterocycles. The molecule has 210 valence electrons. The van der Waals surface area contributed by atoms with Gasteiger partial charge in [-0.15, -0.1) is 0 Å². The highest BCUT2D eigenvalue weighted by molar-refractivity contribution is 5.78. The van der Waals surface area contributed by atoms with Crippen LogP contribution in [0.15, 0.2) is 6.07 Å². The molecule has 1 aliphatic rings. The van der Waals surface area contributed by atoms with Gasteiger partial charge >= 0.3 is 11.9 Å². The lowest BCUT2D eigenvalue weighted by molar-refractivity contribution is -0.142. The van der Waals surface area contributed by atoms with Crippen molar-refractivity contribution in [3.8, 4) is 11.5 Å². The number of carbonyl (C=O) groups is 2. The van der Waals surface area contributed by atoms with E-state index in [1.807, 2.05) is 19.9 Å². The molecule has 1 aliphatic heterocycles. The standard InChI is InChI=1S/C32H52O5/c1-22(2)11-8-12-23(3)13-9-14-24(4)15-10-19-32(7)20-18-27-26(6)31(25(5)21-28(27)37-32)36-30(35)17-16-29(33)34/h21-24H,8-20H2,1-7H3,(H,33,34). The molecule has 5 nitrogen and oxygen atoms in total. The number of aliphatic carboxylic acids is 1. The van der Waals surface area contributed by atoms with E-state index in [0.29, 0.717) is 5.75 Å². The number of ether oxygens (including phenoxy) is 2. The lowest BCUT2D eigenvalue weighted by Crippen LogP contribution is -2.36. The minimum absolute atomic E-state index is 0.129. The third kappa shape index (κ3) is 10.7. The van der Waals surface area contributed by atoms with Gasteiger partial charge in [0.15, 0.2) is 0 Å². The molecule has 3 atom stereocenters. The maximum absolute atomic E-state index is 12.1. The molecule has 0 spiro atoms.